The van der Waals surface area contributed by atoms with Crippen molar-refractivity contribution in [1.29, 1.82) is 0 Å². The highest BCUT2D eigenvalue weighted by Crippen LogP contribution is 2.26. The van der Waals surface area contributed by atoms with Crippen molar-refractivity contribution in [2.75, 3.05) is 24.4 Å². The third kappa shape index (κ3) is 3.15. The summed E-state index contributed by atoms with van der Waals surface area (Å²) in [5.41, 5.74) is 0. The number of thioether (sulfide) groups is 1. The van der Waals surface area contributed by atoms with E-state index in [9.17, 15) is 0 Å². The molecule has 0 bridgehead atoms. The van der Waals surface area contributed by atoms with Crippen LogP contribution in [0.3, 0.4) is 0 Å². The van der Waals surface area contributed by atoms with Gasteiger partial charge in [0.15, 0.2) is 0 Å². The Labute approximate surface area is 84.6 Å². The summed E-state index contributed by atoms with van der Waals surface area (Å²) in [5.74, 6) is 2.77. The summed E-state index contributed by atoms with van der Waals surface area (Å²) < 4.78 is 0. The smallest absolute Gasteiger partial charge is 0.0266 e. The Balaban J connectivity index is 2.12. The van der Waals surface area contributed by atoms with Crippen LogP contribution in [-0.2, 0) is 0 Å². The van der Waals surface area contributed by atoms with Crippen LogP contribution in [0.15, 0.2) is 0 Å². The van der Waals surface area contributed by atoms with Gasteiger partial charge in [0.2, 0.25) is 0 Å². The normalized spacial score (nSPS) is 29.5. The quantitative estimate of drug-likeness (QED) is 0.549. The van der Waals surface area contributed by atoms with Gasteiger partial charge in [-0.25, -0.2) is 0 Å². The van der Waals surface area contributed by atoms with E-state index in [1.165, 1.54) is 25.0 Å². The first-order valence-corrected chi connectivity index (χ1v) is 6.59. The van der Waals surface area contributed by atoms with E-state index in [0.717, 1.165) is 18.3 Å². The van der Waals surface area contributed by atoms with E-state index in [4.69, 9.17) is 11.6 Å². The standard InChI is InChI=1S/C9H18ClNS/c1-12-6-5-11-9-4-2-3-8(9)7-10/h8-9,11H,2-7H2,1H3. The second-order valence-electron chi connectivity index (χ2n) is 3.40. The molecule has 1 rings (SSSR count). The van der Waals surface area contributed by atoms with Gasteiger partial charge in [0.1, 0.15) is 0 Å². The van der Waals surface area contributed by atoms with Gasteiger partial charge in [-0.15, -0.1) is 11.6 Å². The van der Waals surface area contributed by atoms with E-state index >= 15 is 0 Å². The molecule has 2 atom stereocenters. The lowest BCUT2D eigenvalue weighted by Gasteiger charge is -2.18. The highest BCUT2D eigenvalue weighted by molar-refractivity contribution is 7.98. The van der Waals surface area contributed by atoms with Gasteiger partial charge in [-0.3, -0.25) is 0 Å². The molecule has 12 heavy (non-hydrogen) atoms. The van der Waals surface area contributed by atoms with Crippen LogP contribution in [-0.4, -0.2) is 30.5 Å². The number of rotatable bonds is 5. The minimum absolute atomic E-state index is 0.703. The molecule has 1 saturated carbocycles. The average Bonchev–Trinajstić information content (AvgIpc) is 2.52. The summed E-state index contributed by atoms with van der Waals surface area (Å²) in [6.45, 7) is 1.14. The monoisotopic (exact) mass is 207 g/mol. The van der Waals surface area contributed by atoms with Gasteiger partial charge < -0.3 is 5.32 Å². The van der Waals surface area contributed by atoms with Gasteiger partial charge in [0.05, 0.1) is 0 Å². The zero-order chi connectivity index (χ0) is 8.81. The van der Waals surface area contributed by atoms with Crippen molar-refractivity contribution in [1.82, 2.24) is 5.32 Å². The third-order valence-electron chi connectivity index (χ3n) is 2.57. The summed E-state index contributed by atoms with van der Waals surface area (Å²) in [5, 5.41) is 3.58. The first kappa shape index (κ1) is 10.7. The van der Waals surface area contributed by atoms with E-state index < -0.39 is 0 Å². The van der Waals surface area contributed by atoms with E-state index in [1.807, 2.05) is 11.8 Å². The van der Waals surface area contributed by atoms with E-state index in [2.05, 4.69) is 11.6 Å². The topological polar surface area (TPSA) is 12.0 Å². The highest BCUT2D eigenvalue weighted by atomic mass is 35.5. The fourth-order valence-electron chi connectivity index (χ4n) is 1.84. The van der Waals surface area contributed by atoms with Crippen LogP contribution in [0.1, 0.15) is 19.3 Å². The van der Waals surface area contributed by atoms with Gasteiger partial charge in [-0.05, 0) is 25.0 Å². The molecule has 1 N–H and O–H groups in total. The SMILES string of the molecule is CSCCNC1CCCC1CCl. The first-order valence-electron chi connectivity index (χ1n) is 4.66. The molecule has 0 aromatic carbocycles. The third-order valence-corrected chi connectivity index (χ3v) is 3.58. The molecule has 0 aromatic rings. The molecule has 72 valence electrons. The van der Waals surface area contributed by atoms with Gasteiger partial charge in [-0.2, -0.15) is 11.8 Å². The molecule has 2 unspecified atom stereocenters. The minimum Gasteiger partial charge on any atom is -0.313 e. The zero-order valence-electron chi connectivity index (χ0n) is 7.68. The molecule has 0 saturated heterocycles. The highest BCUT2D eigenvalue weighted by Gasteiger charge is 2.25. The summed E-state index contributed by atoms with van der Waals surface area (Å²) in [7, 11) is 0. The largest absolute Gasteiger partial charge is 0.313 e. The molecule has 3 heteroatoms. The fraction of sp³-hybridized carbons (Fsp3) is 1.00. The molecule has 0 amide bonds. The molecular weight excluding hydrogens is 190 g/mol. The Morgan fingerprint density at radius 3 is 3.00 bits per heavy atom. The number of nitrogens with one attached hydrogen (secondary N) is 1. The van der Waals surface area contributed by atoms with Crippen molar-refractivity contribution < 1.29 is 0 Å². The summed E-state index contributed by atoms with van der Waals surface area (Å²) >= 11 is 7.77. The number of alkyl halides is 1. The summed E-state index contributed by atoms with van der Waals surface area (Å²) in [4.78, 5) is 0. The number of halogens is 1. The van der Waals surface area contributed by atoms with Crippen LogP contribution in [0.25, 0.3) is 0 Å². The average molecular weight is 208 g/mol. The lowest BCUT2D eigenvalue weighted by Crippen LogP contribution is -2.34. The van der Waals surface area contributed by atoms with Crippen molar-refractivity contribution >= 4 is 23.4 Å². The predicted octanol–water partition coefficient (Wildman–Crippen LogP) is 2.35. The van der Waals surface area contributed by atoms with E-state index in [-0.39, 0.29) is 0 Å². The molecule has 1 fully saturated rings. The van der Waals surface area contributed by atoms with Crippen molar-refractivity contribution in [2.45, 2.75) is 25.3 Å². The van der Waals surface area contributed by atoms with Crippen molar-refractivity contribution in [3.63, 3.8) is 0 Å². The molecule has 1 nitrogen and oxygen atoms in total. The van der Waals surface area contributed by atoms with Crippen molar-refractivity contribution in [3.8, 4) is 0 Å². The second-order valence-corrected chi connectivity index (χ2v) is 4.69. The maximum absolute atomic E-state index is 5.87. The van der Waals surface area contributed by atoms with E-state index in [0.29, 0.717) is 6.04 Å². The molecule has 0 aromatic heterocycles. The van der Waals surface area contributed by atoms with Gasteiger partial charge in [0, 0.05) is 24.2 Å². The van der Waals surface area contributed by atoms with Gasteiger partial charge in [0.25, 0.3) is 0 Å². The lowest BCUT2D eigenvalue weighted by atomic mass is 10.1. The Morgan fingerprint density at radius 2 is 2.33 bits per heavy atom. The summed E-state index contributed by atoms with van der Waals surface area (Å²) in [6.07, 6.45) is 6.15. The van der Waals surface area contributed by atoms with Crippen molar-refractivity contribution in [3.05, 3.63) is 0 Å². The maximum atomic E-state index is 5.87. The fourth-order valence-corrected chi connectivity index (χ4v) is 2.53. The first-order chi connectivity index (χ1) is 5.88. The van der Waals surface area contributed by atoms with Crippen LogP contribution >= 0.6 is 23.4 Å². The van der Waals surface area contributed by atoms with Gasteiger partial charge in [-0.1, -0.05) is 6.42 Å². The number of hydrogen-bond donors (Lipinski definition) is 1. The summed E-state index contributed by atoms with van der Waals surface area (Å²) in [6, 6.07) is 0.703. The van der Waals surface area contributed by atoms with E-state index in [1.54, 1.807) is 0 Å². The molecule has 1 aliphatic carbocycles. The molecule has 0 aliphatic heterocycles. The second kappa shape index (κ2) is 6.11. The lowest BCUT2D eigenvalue weighted by molar-refractivity contribution is 0.442. The zero-order valence-corrected chi connectivity index (χ0v) is 9.26. The molecule has 1 aliphatic rings. The molecular formula is C9H18ClNS. The Bertz CT molecular complexity index is 121. The maximum Gasteiger partial charge on any atom is 0.0266 e. The van der Waals surface area contributed by atoms with Crippen LogP contribution in [0.5, 0.6) is 0 Å². The minimum atomic E-state index is 0.703. The van der Waals surface area contributed by atoms with Gasteiger partial charge >= 0.3 is 0 Å². The Kier molecular flexibility index (Phi) is 5.44. The van der Waals surface area contributed by atoms with Crippen LogP contribution < -0.4 is 5.32 Å². The van der Waals surface area contributed by atoms with Crippen LogP contribution in [0.4, 0.5) is 0 Å². The van der Waals surface area contributed by atoms with Crippen LogP contribution in [0, 0.1) is 5.92 Å². The molecule has 0 spiro atoms. The molecule has 0 radical (unpaired) electrons. The number of hydrogen-bond acceptors (Lipinski definition) is 2. The predicted molar refractivity (Wildman–Crippen MR) is 58.2 cm³/mol. The molecule has 0 heterocycles. The van der Waals surface area contributed by atoms with Crippen LogP contribution in [0.2, 0.25) is 0 Å². The Hall–Kier alpha value is 0.600. The van der Waals surface area contributed by atoms with Crippen molar-refractivity contribution in [2.24, 2.45) is 5.92 Å². The Morgan fingerprint density at radius 1 is 1.50 bits per heavy atom.